The molecular formula is C48H53O7P3. The quantitative estimate of drug-likeness (QED) is 0.0972. The Morgan fingerprint density at radius 2 is 0.793 bits per heavy atom. The molecule has 2 unspecified atom stereocenters. The van der Waals surface area contributed by atoms with Gasteiger partial charge in [-0.25, -0.2) is 0 Å². The number of aryl methyl sites for hydroxylation is 3. The molecule has 0 aliphatic carbocycles. The minimum absolute atomic E-state index is 0.158. The maximum absolute atomic E-state index is 16.3. The Morgan fingerprint density at radius 3 is 1.22 bits per heavy atom. The van der Waals surface area contributed by atoms with Crippen LogP contribution >= 0.6 is 24.3 Å². The molecule has 6 aromatic rings. The summed E-state index contributed by atoms with van der Waals surface area (Å²) in [6, 6.07) is 41.9. The lowest BCUT2D eigenvalue weighted by molar-refractivity contribution is 0.380. The summed E-state index contributed by atoms with van der Waals surface area (Å²) in [5.41, 5.74) is 6.04. The molecule has 0 aliphatic heterocycles. The van der Waals surface area contributed by atoms with Gasteiger partial charge in [0.1, 0.15) is 28.7 Å². The van der Waals surface area contributed by atoms with Crippen molar-refractivity contribution in [2.45, 2.75) is 80.1 Å². The lowest BCUT2D eigenvalue weighted by Gasteiger charge is -2.27. The third kappa shape index (κ3) is 9.96. The molecule has 0 aromatic heterocycles. The maximum atomic E-state index is 16.3. The first-order chi connectivity index (χ1) is 27.7. The zero-order valence-electron chi connectivity index (χ0n) is 34.7. The number of hydrogen-bond donors (Lipinski definition) is 1. The Balaban J connectivity index is 1.46. The van der Waals surface area contributed by atoms with Crippen LogP contribution in [0.2, 0.25) is 0 Å². The zero-order chi connectivity index (χ0) is 41.6. The molecule has 6 aromatic carbocycles. The van der Waals surface area contributed by atoms with Crippen LogP contribution in [0.3, 0.4) is 0 Å². The van der Waals surface area contributed by atoms with E-state index in [1.165, 1.54) is 0 Å². The number of hydrogen-bond acceptors (Lipinski definition) is 7. The molecule has 10 heteroatoms. The molecule has 0 spiro atoms. The highest BCUT2D eigenvalue weighted by atomic mass is 31.2. The van der Waals surface area contributed by atoms with Gasteiger partial charge in [0.25, 0.3) is 0 Å². The molecule has 2 atom stereocenters. The third-order valence-corrected chi connectivity index (χ3v) is 14.6. The van der Waals surface area contributed by atoms with Crippen molar-refractivity contribution in [2.24, 2.45) is 0 Å². The highest BCUT2D eigenvalue weighted by Gasteiger charge is 2.38. The predicted molar refractivity (Wildman–Crippen MR) is 241 cm³/mol. The normalized spacial score (nSPS) is 13.1. The predicted octanol–water partition coefficient (Wildman–Crippen LogP) is 13.1. The van der Waals surface area contributed by atoms with E-state index in [4.69, 9.17) is 22.6 Å². The monoisotopic (exact) mass is 834 g/mol. The van der Waals surface area contributed by atoms with Crippen molar-refractivity contribution >= 4 is 40.3 Å². The van der Waals surface area contributed by atoms with Crippen molar-refractivity contribution in [1.29, 1.82) is 0 Å². The fraction of sp³-hybridized carbons (Fsp3) is 0.250. The van der Waals surface area contributed by atoms with E-state index in [2.05, 4.69) is 65.8 Å². The Morgan fingerprint density at radius 1 is 0.448 bits per heavy atom. The van der Waals surface area contributed by atoms with E-state index in [0.29, 0.717) is 38.9 Å². The lowest BCUT2D eigenvalue weighted by atomic mass is 10.0. The van der Waals surface area contributed by atoms with Crippen molar-refractivity contribution in [1.82, 2.24) is 0 Å². The second-order valence-corrected chi connectivity index (χ2v) is 19.9. The Kier molecular flexibility index (Phi) is 14.0. The molecule has 302 valence electrons. The Bertz CT molecular complexity index is 2320. The van der Waals surface area contributed by atoms with E-state index in [0.717, 1.165) is 33.4 Å². The maximum Gasteiger partial charge on any atom is 0.530 e. The van der Waals surface area contributed by atoms with Gasteiger partial charge in [-0.15, -0.1) is 0 Å². The fourth-order valence-corrected chi connectivity index (χ4v) is 11.5. The van der Waals surface area contributed by atoms with Crippen LogP contribution in [0, 0.1) is 20.8 Å². The van der Waals surface area contributed by atoms with Crippen LogP contribution in [0.15, 0.2) is 133 Å². The van der Waals surface area contributed by atoms with Gasteiger partial charge in [-0.1, -0.05) is 133 Å². The molecule has 0 bridgehead atoms. The summed E-state index contributed by atoms with van der Waals surface area (Å²) >= 11 is 0. The van der Waals surface area contributed by atoms with Gasteiger partial charge in [0.15, 0.2) is 7.14 Å². The van der Waals surface area contributed by atoms with Crippen molar-refractivity contribution in [3.05, 3.63) is 167 Å². The molecule has 0 amide bonds. The van der Waals surface area contributed by atoms with Crippen molar-refractivity contribution in [2.75, 3.05) is 0 Å². The molecule has 0 saturated carbocycles. The number of rotatable bonds is 16. The van der Waals surface area contributed by atoms with E-state index in [1.54, 1.807) is 24.3 Å². The summed E-state index contributed by atoms with van der Waals surface area (Å²) in [6.45, 7) is 18.6. The van der Waals surface area contributed by atoms with E-state index in [1.807, 2.05) is 106 Å². The Labute approximate surface area is 346 Å². The second kappa shape index (κ2) is 19.0. The molecule has 0 saturated heterocycles. The summed E-state index contributed by atoms with van der Waals surface area (Å²) in [5, 5.41) is 1.35. The minimum atomic E-state index is -3.82. The number of benzene rings is 6. The SMILES string of the molecule is Cc1ccc(C(C)C)c(OP(O)Oc2ccccc2P(=O)(c2ccccc2)c2ccccc2OP(Oc2cc(C)ccc2C(C)C)Oc2cc(C)ccc2C(C)C)c1. The lowest BCUT2D eigenvalue weighted by Crippen LogP contribution is -2.27. The van der Waals surface area contributed by atoms with Gasteiger partial charge < -0.3 is 32.1 Å². The van der Waals surface area contributed by atoms with Gasteiger partial charge >= 0.3 is 17.2 Å². The molecule has 0 aliphatic rings. The first-order valence-corrected chi connectivity index (χ1v) is 23.5. The average Bonchev–Trinajstić information content (AvgIpc) is 3.18. The topological polar surface area (TPSA) is 83.5 Å². The van der Waals surface area contributed by atoms with Crippen LogP contribution < -0.4 is 38.5 Å². The standard InChI is InChI=1S/C48H53O7P3/c1-32(2)39-26-23-35(7)29-44(39)52-56(49)51-42-19-13-15-21-47(42)58(50,38-17-11-10-12-18-38)48-22-16-14-20-43(48)53-57(54-45-30-36(8)24-27-40(45)33(3)4)55-46-31-37(9)25-28-41(46)34(5)6/h10-34,49H,1-9H3. The largest absolute Gasteiger partial charge is 0.530 e. The average molecular weight is 835 g/mol. The smallest absolute Gasteiger partial charge is 0.418 e. The van der Waals surface area contributed by atoms with Crippen LogP contribution in [-0.4, -0.2) is 4.89 Å². The van der Waals surface area contributed by atoms with Crippen LogP contribution in [-0.2, 0) is 4.57 Å². The molecule has 0 heterocycles. The summed E-state index contributed by atoms with van der Waals surface area (Å²) in [4.78, 5) is 11.4. The molecular weight excluding hydrogens is 781 g/mol. The van der Waals surface area contributed by atoms with Crippen LogP contribution in [0.1, 0.15) is 92.7 Å². The highest BCUT2D eigenvalue weighted by molar-refractivity contribution is 7.85. The van der Waals surface area contributed by atoms with E-state index < -0.39 is 24.3 Å². The van der Waals surface area contributed by atoms with Gasteiger partial charge in [0, 0.05) is 5.30 Å². The first kappa shape index (κ1) is 43.0. The molecule has 1 N–H and O–H groups in total. The van der Waals surface area contributed by atoms with Crippen LogP contribution in [0.5, 0.6) is 28.7 Å². The van der Waals surface area contributed by atoms with Crippen molar-refractivity contribution in [3.63, 3.8) is 0 Å². The van der Waals surface area contributed by atoms with Crippen LogP contribution in [0.25, 0.3) is 0 Å². The van der Waals surface area contributed by atoms with E-state index in [9.17, 15) is 4.89 Å². The van der Waals surface area contributed by atoms with E-state index in [-0.39, 0.29) is 23.5 Å². The summed E-state index contributed by atoms with van der Waals surface area (Å²) in [6.07, 6.45) is 0. The molecule has 7 nitrogen and oxygen atoms in total. The molecule has 0 radical (unpaired) electrons. The van der Waals surface area contributed by atoms with Gasteiger partial charge in [-0.3, -0.25) is 0 Å². The molecule has 58 heavy (non-hydrogen) atoms. The van der Waals surface area contributed by atoms with Crippen molar-refractivity contribution < 1.29 is 32.1 Å². The zero-order valence-corrected chi connectivity index (χ0v) is 37.4. The third-order valence-electron chi connectivity index (χ3n) is 9.77. The minimum Gasteiger partial charge on any atom is -0.418 e. The number of para-hydroxylation sites is 2. The summed E-state index contributed by atoms with van der Waals surface area (Å²) < 4.78 is 49.0. The van der Waals surface area contributed by atoms with Gasteiger partial charge in [0.2, 0.25) is 0 Å². The van der Waals surface area contributed by atoms with Gasteiger partial charge in [-0.2, -0.15) is 0 Å². The van der Waals surface area contributed by atoms with Crippen LogP contribution in [0.4, 0.5) is 0 Å². The summed E-state index contributed by atoms with van der Waals surface area (Å²) in [7, 11) is -8.46. The van der Waals surface area contributed by atoms with Gasteiger partial charge in [-0.05, 0) is 114 Å². The fourth-order valence-electron chi connectivity index (χ4n) is 6.71. The second-order valence-electron chi connectivity index (χ2n) is 15.4. The molecule has 6 rings (SSSR count). The molecule has 0 fully saturated rings. The first-order valence-electron chi connectivity index (χ1n) is 19.6. The van der Waals surface area contributed by atoms with Crippen molar-refractivity contribution in [3.8, 4) is 28.7 Å². The van der Waals surface area contributed by atoms with E-state index >= 15 is 4.57 Å². The summed E-state index contributed by atoms with van der Waals surface area (Å²) in [5.74, 6) is 2.92. The van der Waals surface area contributed by atoms with Gasteiger partial charge in [0.05, 0.1) is 10.6 Å². The highest BCUT2D eigenvalue weighted by Crippen LogP contribution is 2.52. The Hall–Kier alpha value is -4.63.